The van der Waals surface area contributed by atoms with Gasteiger partial charge in [0.15, 0.2) is 0 Å². The molecule has 3 heterocycles. The standard InChI is InChI=1S/C42H43N5O3/c48-39(26-32-7-6-20-44-27-32)47(28-30-18-21-43-22-19-30)38(25-29-12-15-35(16-13-29)33-8-2-1-3-9-33)40-42(50)45-37(41(49)46-40)24-31-14-17-34-10-4-5-11-36(34)23-31/h1-17,20,23,27,30,37-38,40,43H,18-19,21-22,24-26,28H2,(H,45,50)(H,46,49)/t37-,38?,40-/m0/s1. The number of piperidine rings is 1. The Kier molecular flexibility index (Phi) is 10.3. The largest absolute Gasteiger partial charge is 0.342 e. The van der Waals surface area contributed by atoms with Gasteiger partial charge in [0.25, 0.3) is 0 Å². The Morgan fingerprint density at radius 1 is 0.740 bits per heavy atom. The first kappa shape index (κ1) is 33.2. The van der Waals surface area contributed by atoms with Crippen LogP contribution in [0.2, 0.25) is 0 Å². The molecule has 2 aliphatic rings. The molecule has 0 saturated carbocycles. The topological polar surface area (TPSA) is 103 Å². The van der Waals surface area contributed by atoms with Gasteiger partial charge in [-0.2, -0.15) is 0 Å². The fourth-order valence-corrected chi connectivity index (χ4v) is 7.32. The van der Waals surface area contributed by atoms with Crippen LogP contribution in [-0.4, -0.2) is 65.4 Å². The molecule has 2 fully saturated rings. The van der Waals surface area contributed by atoms with Crippen LogP contribution in [0.15, 0.2) is 122 Å². The van der Waals surface area contributed by atoms with Crippen LogP contribution in [0.1, 0.15) is 29.5 Å². The van der Waals surface area contributed by atoms with Crippen molar-refractivity contribution < 1.29 is 14.4 Å². The molecule has 4 aromatic carbocycles. The van der Waals surface area contributed by atoms with E-state index < -0.39 is 18.1 Å². The zero-order chi connectivity index (χ0) is 34.3. The van der Waals surface area contributed by atoms with Crippen molar-refractivity contribution in [3.05, 3.63) is 138 Å². The highest BCUT2D eigenvalue weighted by molar-refractivity contribution is 5.98. The minimum absolute atomic E-state index is 0.0808. The van der Waals surface area contributed by atoms with E-state index in [1.165, 1.54) is 0 Å². The maximum absolute atomic E-state index is 14.3. The Hall–Kier alpha value is -5.34. The number of amides is 3. The van der Waals surface area contributed by atoms with Gasteiger partial charge < -0.3 is 20.9 Å². The Balaban J connectivity index is 1.18. The number of rotatable bonds is 11. The Morgan fingerprint density at radius 2 is 1.46 bits per heavy atom. The molecular formula is C42H43N5O3. The van der Waals surface area contributed by atoms with E-state index in [0.717, 1.165) is 64.5 Å². The molecule has 5 aromatic rings. The second-order valence-electron chi connectivity index (χ2n) is 13.5. The third-order valence-corrected chi connectivity index (χ3v) is 10.1. The second kappa shape index (κ2) is 15.5. The van der Waals surface area contributed by atoms with Crippen molar-refractivity contribution in [1.82, 2.24) is 25.8 Å². The van der Waals surface area contributed by atoms with Gasteiger partial charge in [-0.25, -0.2) is 0 Å². The van der Waals surface area contributed by atoms with Crippen LogP contribution in [-0.2, 0) is 33.6 Å². The lowest BCUT2D eigenvalue weighted by Gasteiger charge is -2.42. The second-order valence-corrected chi connectivity index (χ2v) is 13.5. The molecule has 50 heavy (non-hydrogen) atoms. The lowest BCUT2D eigenvalue weighted by molar-refractivity contribution is -0.142. The summed E-state index contributed by atoms with van der Waals surface area (Å²) >= 11 is 0. The van der Waals surface area contributed by atoms with Gasteiger partial charge in [0.1, 0.15) is 12.1 Å². The number of pyridine rings is 1. The van der Waals surface area contributed by atoms with Gasteiger partial charge in [-0.3, -0.25) is 19.4 Å². The van der Waals surface area contributed by atoms with Gasteiger partial charge >= 0.3 is 0 Å². The van der Waals surface area contributed by atoms with Crippen LogP contribution in [0.3, 0.4) is 0 Å². The maximum Gasteiger partial charge on any atom is 0.245 e. The first-order valence-electron chi connectivity index (χ1n) is 17.6. The first-order valence-corrected chi connectivity index (χ1v) is 17.6. The summed E-state index contributed by atoms with van der Waals surface area (Å²) in [7, 11) is 0. The summed E-state index contributed by atoms with van der Waals surface area (Å²) in [5.41, 5.74) is 4.97. The molecule has 3 amide bonds. The molecule has 8 nitrogen and oxygen atoms in total. The molecule has 0 radical (unpaired) electrons. The van der Waals surface area contributed by atoms with Crippen molar-refractivity contribution >= 4 is 28.5 Å². The molecule has 0 bridgehead atoms. The number of nitrogens with zero attached hydrogens (tertiary/aromatic N) is 2. The van der Waals surface area contributed by atoms with Crippen LogP contribution in [0, 0.1) is 5.92 Å². The molecule has 1 unspecified atom stereocenters. The smallest absolute Gasteiger partial charge is 0.245 e. The number of carbonyl (C=O) groups excluding carboxylic acids is 3. The SMILES string of the molecule is O=C1N[C@@H](C(Cc2ccc(-c3ccccc3)cc2)N(CC2CCNCC2)C(=O)Cc2cccnc2)C(=O)N[C@H]1Cc1ccc2ccccc2c1. The van der Waals surface area contributed by atoms with Crippen LogP contribution in [0.25, 0.3) is 21.9 Å². The third kappa shape index (κ3) is 7.92. The van der Waals surface area contributed by atoms with Crippen molar-refractivity contribution in [3.63, 3.8) is 0 Å². The summed E-state index contributed by atoms with van der Waals surface area (Å²) < 4.78 is 0. The van der Waals surface area contributed by atoms with E-state index in [2.05, 4.69) is 69.5 Å². The predicted octanol–water partition coefficient (Wildman–Crippen LogP) is 5.11. The number of piperazine rings is 1. The van der Waals surface area contributed by atoms with Crippen LogP contribution >= 0.6 is 0 Å². The number of aromatic nitrogens is 1. The lowest BCUT2D eigenvalue weighted by atomic mass is 9.90. The molecule has 3 N–H and O–H groups in total. The number of hydrogen-bond donors (Lipinski definition) is 3. The molecule has 254 valence electrons. The molecule has 3 atom stereocenters. The highest BCUT2D eigenvalue weighted by atomic mass is 16.2. The minimum atomic E-state index is -0.913. The molecule has 2 saturated heterocycles. The van der Waals surface area contributed by atoms with Crippen LogP contribution in [0.5, 0.6) is 0 Å². The van der Waals surface area contributed by atoms with Gasteiger partial charge in [-0.05, 0) is 82.9 Å². The van der Waals surface area contributed by atoms with E-state index >= 15 is 0 Å². The van der Waals surface area contributed by atoms with E-state index in [-0.39, 0.29) is 30.1 Å². The van der Waals surface area contributed by atoms with Crippen LogP contribution in [0.4, 0.5) is 0 Å². The Bertz CT molecular complexity index is 1930. The quantitative estimate of drug-likeness (QED) is 0.182. The summed E-state index contributed by atoms with van der Waals surface area (Å²) in [5.74, 6) is -0.317. The minimum Gasteiger partial charge on any atom is -0.342 e. The van der Waals surface area contributed by atoms with Crippen molar-refractivity contribution in [1.29, 1.82) is 0 Å². The van der Waals surface area contributed by atoms with Crippen molar-refractivity contribution in [2.75, 3.05) is 19.6 Å². The van der Waals surface area contributed by atoms with Crippen molar-refractivity contribution in [2.24, 2.45) is 5.92 Å². The normalized spacial score (nSPS) is 18.6. The van der Waals surface area contributed by atoms with Crippen molar-refractivity contribution in [2.45, 2.75) is 50.2 Å². The van der Waals surface area contributed by atoms with Gasteiger partial charge in [-0.15, -0.1) is 0 Å². The van der Waals surface area contributed by atoms with E-state index in [4.69, 9.17) is 0 Å². The number of hydrogen-bond acceptors (Lipinski definition) is 5. The highest BCUT2D eigenvalue weighted by Gasteiger charge is 2.42. The monoisotopic (exact) mass is 665 g/mol. The third-order valence-electron chi connectivity index (χ3n) is 10.1. The predicted molar refractivity (Wildman–Crippen MR) is 196 cm³/mol. The zero-order valence-electron chi connectivity index (χ0n) is 28.1. The van der Waals surface area contributed by atoms with Gasteiger partial charge in [0.05, 0.1) is 12.5 Å². The van der Waals surface area contributed by atoms with E-state index in [1.807, 2.05) is 65.6 Å². The molecule has 2 aliphatic heterocycles. The van der Waals surface area contributed by atoms with E-state index in [9.17, 15) is 14.4 Å². The average molecular weight is 666 g/mol. The summed E-state index contributed by atoms with van der Waals surface area (Å²) in [6.07, 6.45) is 6.23. The number of nitrogens with one attached hydrogen (secondary N) is 3. The van der Waals surface area contributed by atoms with E-state index in [1.54, 1.807) is 12.4 Å². The number of fused-ring (bicyclic) bond motifs is 1. The van der Waals surface area contributed by atoms with Gasteiger partial charge in [0, 0.05) is 25.4 Å². The van der Waals surface area contributed by atoms with E-state index in [0.29, 0.717) is 19.4 Å². The molecule has 0 aliphatic carbocycles. The summed E-state index contributed by atoms with van der Waals surface area (Å²) in [6.45, 7) is 2.28. The molecule has 8 heteroatoms. The molecular weight excluding hydrogens is 622 g/mol. The molecule has 0 spiro atoms. The Morgan fingerprint density at radius 3 is 2.22 bits per heavy atom. The number of carbonyl (C=O) groups is 3. The lowest BCUT2D eigenvalue weighted by Crippen LogP contribution is -2.69. The summed E-state index contributed by atoms with van der Waals surface area (Å²) in [5, 5.41) is 11.8. The fraction of sp³-hybridized carbons (Fsp3) is 0.286. The average Bonchev–Trinajstić information content (AvgIpc) is 3.16. The van der Waals surface area contributed by atoms with Crippen LogP contribution < -0.4 is 16.0 Å². The number of benzene rings is 4. The zero-order valence-corrected chi connectivity index (χ0v) is 28.1. The van der Waals surface area contributed by atoms with Gasteiger partial charge in [0.2, 0.25) is 17.7 Å². The summed E-state index contributed by atoms with van der Waals surface area (Å²) in [6, 6.07) is 34.2. The first-order chi connectivity index (χ1) is 24.5. The maximum atomic E-state index is 14.3. The molecule has 1 aromatic heterocycles. The van der Waals surface area contributed by atoms with Gasteiger partial charge in [-0.1, -0.05) is 103 Å². The Labute approximate surface area is 293 Å². The highest BCUT2D eigenvalue weighted by Crippen LogP contribution is 2.25. The summed E-state index contributed by atoms with van der Waals surface area (Å²) in [4.78, 5) is 48.4. The van der Waals surface area contributed by atoms with Crippen molar-refractivity contribution in [3.8, 4) is 11.1 Å². The fourth-order valence-electron chi connectivity index (χ4n) is 7.32. The molecule has 7 rings (SSSR count).